The molecule has 6 nitrogen and oxygen atoms in total. The van der Waals surface area contributed by atoms with Crippen molar-refractivity contribution in [2.45, 2.75) is 75.4 Å². The normalized spacial score (nSPS) is 20.3. The Morgan fingerprint density at radius 2 is 2.06 bits per heavy atom. The molecule has 1 amide bonds. The lowest BCUT2D eigenvalue weighted by molar-refractivity contribution is -0.127. The van der Waals surface area contributed by atoms with E-state index in [1.807, 2.05) is 0 Å². The van der Waals surface area contributed by atoms with Crippen molar-refractivity contribution in [2.75, 3.05) is 6.54 Å². The first-order valence-corrected chi connectivity index (χ1v) is 11.7. The number of nitrogens with one attached hydrogen (secondary N) is 2. The first kappa shape index (κ1) is 25.4. The van der Waals surface area contributed by atoms with E-state index in [1.54, 1.807) is 12.1 Å². The van der Waals surface area contributed by atoms with E-state index in [0.29, 0.717) is 23.4 Å². The number of ether oxygens (including phenoxy) is 1. The van der Waals surface area contributed by atoms with Crippen LogP contribution in [0.5, 0.6) is 5.88 Å². The zero-order chi connectivity index (χ0) is 25.2. The highest BCUT2D eigenvalue weighted by atomic mass is 19.4. The fourth-order valence-electron chi connectivity index (χ4n) is 4.83. The van der Waals surface area contributed by atoms with Gasteiger partial charge in [0.05, 0.1) is 18.6 Å². The SMILES string of the molecule is CC(=O)N[C@@H](Cc1cccc(F)c1)[C@H](O)CN[C@H]1CC2(CCC2)Oc2ncc(CC(F)(F)F)cc21. The lowest BCUT2D eigenvalue weighted by Gasteiger charge is -2.47. The molecule has 1 saturated carbocycles. The number of fused-ring (bicyclic) bond motifs is 1. The van der Waals surface area contributed by atoms with Crippen LogP contribution in [0.1, 0.15) is 55.3 Å². The van der Waals surface area contributed by atoms with Crippen LogP contribution in [-0.2, 0) is 17.6 Å². The average molecular weight is 496 g/mol. The molecule has 2 aromatic rings. The Balaban J connectivity index is 1.50. The second-order valence-corrected chi connectivity index (χ2v) is 9.54. The van der Waals surface area contributed by atoms with Gasteiger partial charge in [-0.05, 0) is 55.0 Å². The summed E-state index contributed by atoms with van der Waals surface area (Å²) >= 11 is 0. The molecule has 2 heterocycles. The lowest BCUT2D eigenvalue weighted by Crippen LogP contribution is -2.52. The first-order chi connectivity index (χ1) is 16.5. The van der Waals surface area contributed by atoms with Crippen molar-refractivity contribution in [3.8, 4) is 5.88 Å². The second-order valence-electron chi connectivity index (χ2n) is 9.54. The molecule has 10 heteroatoms. The Morgan fingerprint density at radius 3 is 2.69 bits per heavy atom. The van der Waals surface area contributed by atoms with Gasteiger partial charge < -0.3 is 20.5 Å². The summed E-state index contributed by atoms with van der Waals surface area (Å²) < 4.78 is 58.5. The predicted molar refractivity (Wildman–Crippen MR) is 120 cm³/mol. The van der Waals surface area contributed by atoms with E-state index in [1.165, 1.54) is 31.3 Å². The van der Waals surface area contributed by atoms with E-state index >= 15 is 0 Å². The minimum atomic E-state index is -4.36. The molecular formula is C25H29F4N3O3. The summed E-state index contributed by atoms with van der Waals surface area (Å²) in [5.74, 6) is -0.438. The van der Waals surface area contributed by atoms with Gasteiger partial charge in [0, 0.05) is 37.7 Å². The van der Waals surface area contributed by atoms with Crippen LogP contribution in [0, 0.1) is 5.82 Å². The molecule has 3 N–H and O–H groups in total. The van der Waals surface area contributed by atoms with Gasteiger partial charge in [-0.2, -0.15) is 13.2 Å². The van der Waals surface area contributed by atoms with Gasteiger partial charge in [0.25, 0.3) is 0 Å². The maximum atomic E-state index is 13.6. The minimum absolute atomic E-state index is 0.0407. The number of nitrogens with zero attached hydrogens (tertiary/aromatic N) is 1. The van der Waals surface area contributed by atoms with Gasteiger partial charge >= 0.3 is 6.18 Å². The number of aromatic nitrogens is 1. The molecule has 1 aliphatic heterocycles. The third-order valence-electron chi connectivity index (χ3n) is 6.64. The van der Waals surface area contributed by atoms with Crippen LogP contribution in [-0.4, -0.2) is 46.5 Å². The molecule has 4 rings (SSSR count). The molecule has 1 spiro atoms. The molecule has 1 fully saturated rings. The van der Waals surface area contributed by atoms with Gasteiger partial charge in [-0.25, -0.2) is 9.37 Å². The number of rotatable bonds is 8. The molecule has 0 radical (unpaired) electrons. The molecule has 35 heavy (non-hydrogen) atoms. The Bertz CT molecular complexity index is 1060. The van der Waals surface area contributed by atoms with E-state index in [-0.39, 0.29) is 30.5 Å². The summed E-state index contributed by atoms with van der Waals surface area (Å²) in [5.41, 5.74) is 0.776. The Kier molecular flexibility index (Phi) is 7.32. The summed E-state index contributed by atoms with van der Waals surface area (Å²) in [7, 11) is 0. The number of halogens is 4. The molecule has 0 bridgehead atoms. The zero-order valence-electron chi connectivity index (χ0n) is 19.4. The molecule has 1 aromatic heterocycles. The van der Waals surface area contributed by atoms with Crippen LogP contribution in [0.4, 0.5) is 17.6 Å². The molecule has 2 aliphatic rings. The Labute approximate surface area is 201 Å². The largest absolute Gasteiger partial charge is 0.471 e. The molecule has 190 valence electrons. The number of hydrogen-bond donors (Lipinski definition) is 3. The molecule has 0 saturated heterocycles. The third kappa shape index (κ3) is 6.49. The first-order valence-electron chi connectivity index (χ1n) is 11.7. The number of aliphatic hydroxyl groups excluding tert-OH is 1. The van der Waals surface area contributed by atoms with E-state index in [9.17, 15) is 27.5 Å². The highest BCUT2D eigenvalue weighted by Crippen LogP contribution is 2.48. The fourth-order valence-corrected chi connectivity index (χ4v) is 4.83. The fraction of sp³-hybridized carbons (Fsp3) is 0.520. The predicted octanol–water partition coefficient (Wildman–Crippen LogP) is 3.77. The highest BCUT2D eigenvalue weighted by molar-refractivity contribution is 5.73. The molecule has 1 aliphatic carbocycles. The molecule has 0 unspecified atom stereocenters. The quantitative estimate of drug-likeness (QED) is 0.486. The van der Waals surface area contributed by atoms with Gasteiger partial charge in [-0.3, -0.25) is 4.79 Å². The molecular weight excluding hydrogens is 466 g/mol. The van der Waals surface area contributed by atoms with Crippen LogP contribution < -0.4 is 15.4 Å². The Morgan fingerprint density at radius 1 is 1.29 bits per heavy atom. The van der Waals surface area contributed by atoms with Gasteiger partial charge in [-0.15, -0.1) is 0 Å². The monoisotopic (exact) mass is 495 g/mol. The van der Waals surface area contributed by atoms with Crippen LogP contribution in [0.25, 0.3) is 0 Å². The summed E-state index contributed by atoms with van der Waals surface area (Å²) in [6.45, 7) is 1.39. The third-order valence-corrected chi connectivity index (χ3v) is 6.64. The average Bonchev–Trinajstić information content (AvgIpc) is 2.74. The number of pyridine rings is 1. The summed E-state index contributed by atoms with van der Waals surface area (Å²) in [6, 6.07) is 6.33. The number of amides is 1. The van der Waals surface area contributed by atoms with Gasteiger partial charge in [0.1, 0.15) is 11.4 Å². The van der Waals surface area contributed by atoms with E-state index in [4.69, 9.17) is 4.74 Å². The minimum Gasteiger partial charge on any atom is -0.471 e. The summed E-state index contributed by atoms with van der Waals surface area (Å²) in [5, 5.41) is 16.9. The van der Waals surface area contributed by atoms with Crippen LogP contribution in [0.2, 0.25) is 0 Å². The van der Waals surface area contributed by atoms with Gasteiger partial charge in [-0.1, -0.05) is 12.1 Å². The standard InChI is InChI=1S/C25H29F4N3O3/c1-15(33)32-20(10-16-4-2-5-18(26)8-16)22(34)14-30-21-12-24(6-3-7-24)35-23-19(21)9-17(13-31-23)11-25(27,28)29/h2,4-5,8-9,13,20-22,30,34H,3,6-7,10-12,14H2,1H3,(H,32,33)/t20-,21-,22+/m0/s1. The van der Waals surface area contributed by atoms with E-state index in [0.717, 1.165) is 19.3 Å². The van der Waals surface area contributed by atoms with Crippen LogP contribution in [0.15, 0.2) is 36.5 Å². The van der Waals surface area contributed by atoms with Crippen LogP contribution >= 0.6 is 0 Å². The molecule has 1 aromatic carbocycles. The number of carbonyl (C=O) groups is 1. The van der Waals surface area contributed by atoms with Crippen molar-refractivity contribution < 1.29 is 32.2 Å². The van der Waals surface area contributed by atoms with Gasteiger partial charge in [0.15, 0.2) is 0 Å². The topological polar surface area (TPSA) is 83.5 Å². The Hall–Kier alpha value is -2.72. The maximum absolute atomic E-state index is 13.6. The summed E-state index contributed by atoms with van der Waals surface area (Å²) in [4.78, 5) is 15.9. The van der Waals surface area contributed by atoms with Crippen molar-refractivity contribution in [1.82, 2.24) is 15.6 Å². The summed E-state index contributed by atoms with van der Waals surface area (Å²) in [6.07, 6.45) is -1.88. The number of alkyl halides is 3. The van der Waals surface area contributed by atoms with Crippen molar-refractivity contribution in [1.29, 1.82) is 0 Å². The van der Waals surface area contributed by atoms with Crippen molar-refractivity contribution in [3.63, 3.8) is 0 Å². The smallest absolute Gasteiger partial charge is 0.393 e. The second kappa shape index (κ2) is 10.1. The zero-order valence-corrected chi connectivity index (χ0v) is 19.4. The highest BCUT2D eigenvalue weighted by Gasteiger charge is 2.46. The number of benzene rings is 1. The number of hydrogen-bond acceptors (Lipinski definition) is 5. The van der Waals surface area contributed by atoms with E-state index < -0.39 is 36.2 Å². The molecule has 3 atom stereocenters. The van der Waals surface area contributed by atoms with Crippen LogP contribution in [0.3, 0.4) is 0 Å². The van der Waals surface area contributed by atoms with Crippen molar-refractivity contribution in [3.05, 3.63) is 59.0 Å². The van der Waals surface area contributed by atoms with Crippen molar-refractivity contribution >= 4 is 5.91 Å². The van der Waals surface area contributed by atoms with E-state index in [2.05, 4.69) is 15.6 Å². The lowest BCUT2D eigenvalue weighted by atomic mass is 9.73. The van der Waals surface area contributed by atoms with Gasteiger partial charge in [0.2, 0.25) is 11.8 Å². The number of aliphatic hydroxyl groups is 1. The van der Waals surface area contributed by atoms with Crippen molar-refractivity contribution in [2.24, 2.45) is 0 Å². The number of carbonyl (C=O) groups excluding carboxylic acids is 1. The maximum Gasteiger partial charge on any atom is 0.393 e.